The summed E-state index contributed by atoms with van der Waals surface area (Å²) in [5.74, 6) is 0. The van der Waals surface area contributed by atoms with Crippen LogP contribution in [-0.2, 0) is 0 Å². The van der Waals surface area contributed by atoms with E-state index in [0.29, 0.717) is 0 Å². The molecular formula is C50H36N2. The summed E-state index contributed by atoms with van der Waals surface area (Å²) in [7, 11) is 0. The summed E-state index contributed by atoms with van der Waals surface area (Å²) in [6, 6.07) is 69.4. The number of benzene rings is 7. The van der Waals surface area contributed by atoms with Gasteiger partial charge in [-0.25, -0.2) is 0 Å². The fraction of sp³-hybridized carbons (Fsp3) is 0. The Kier molecular flexibility index (Phi) is 8.24. The van der Waals surface area contributed by atoms with Crippen molar-refractivity contribution in [1.29, 1.82) is 0 Å². The molecule has 0 saturated carbocycles. The van der Waals surface area contributed by atoms with Crippen LogP contribution in [0.25, 0.3) is 80.0 Å². The summed E-state index contributed by atoms with van der Waals surface area (Å²) in [4.78, 5) is 0. The number of rotatable bonds is 8. The smallest absolute Gasteiger partial charge is 0.0542 e. The highest BCUT2D eigenvalue weighted by atomic mass is 15.0. The highest BCUT2D eigenvalue weighted by molar-refractivity contribution is 6.02. The van der Waals surface area contributed by atoms with Crippen LogP contribution in [0.15, 0.2) is 194 Å². The number of hydrogen-bond donors (Lipinski definition) is 0. The summed E-state index contributed by atoms with van der Waals surface area (Å²) in [6.45, 7) is 0. The number of nitrogens with zero attached hydrogens (tertiary/aromatic N) is 2. The lowest BCUT2D eigenvalue weighted by molar-refractivity contribution is 1.13. The van der Waals surface area contributed by atoms with Gasteiger partial charge in [-0.1, -0.05) is 170 Å². The lowest BCUT2D eigenvalue weighted by atomic mass is 10.1. The molecule has 0 amide bonds. The summed E-state index contributed by atoms with van der Waals surface area (Å²) >= 11 is 0. The molecule has 0 fully saturated rings. The second-order valence-electron chi connectivity index (χ2n) is 13.1. The first-order valence-corrected chi connectivity index (χ1v) is 17.8. The van der Waals surface area contributed by atoms with Crippen molar-refractivity contribution < 1.29 is 0 Å². The van der Waals surface area contributed by atoms with Gasteiger partial charge in [0.05, 0.1) is 22.4 Å². The predicted octanol–water partition coefficient (Wildman–Crippen LogP) is 13.2. The Bertz CT molecular complexity index is 2470. The average Bonchev–Trinajstić information content (AvgIpc) is 3.78. The Morgan fingerprint density at radius 3 is 0.942 bits per heavy atom. The van der Waals surface area contributed by atoms with Gasteiger partial charge in [-0.2, -0.15) is 0 Å². The highest BCUT2D eigenvalue weighted by Crippen LogP contribution is 2.38. The monoisotopic (exact) mass is 664 g/mol. The minimum atomic E-state index is 1.13. The molecule has 0 atom stereocenters. The van der Waals surface area contributed by atoms with Gasteiger partial charge in [0.1, 0.15) is 0 Å². The highest BCUT2D eigenvalue weighted by Gasteiger charge is 2.18. The minimum Gasteiger partial charge on any atom is -0.309 e. The van der Waals surface area contributed by atoms with E-state index in [2.05, 4.69) is 215 Å². The SMILES string of the molecule is C(=C\c1ccc(-n2c(-c3ccccc3)cc3cc4c(cc(-c5ccccc5)n4-c4ccc(/C=C/c5ccccc5)cc4)cc32)cc1)/c1ccccc1. The van der Waals surface area contributed by atoms with Crippen molar-refractivity contribution in [3.63, 3.8) is 0 Å². The molecule has 0 N–H and O–H groups in total. The van der Waals surface area contributed by atoms with Crippen LogP contribution in [0, 0.1) is 0 Å². The maximum Gasteiger partial charge on any atom is 0.0542 e. The third kappa shape index (κ3) is 6.19. The molecule has 2 heterocycles. The van der Waals surface area contributed by atoms with Crippen LogP contribution in [0.5, 0.6) is 0 Å². The number of fused-ring (bicyclic) bond motifs is 2. The Morgan fingerprint density at radius 2 is 0.596 bits per heavy atom. The number of aromatic nitrogens is 2. The summed E-state index contributed by atoms with van der Waals surface area (Å²) in [5, 5.41) is 2.39. The molecule has 246 valence electrons. The van der Waals surface area contributed by atoms with E-state index in [1.165, 1.54) is 66.6 Å². The van der Waals surface area contributed by atoms with Gasteiger partial charge in [0.25, 0.3) is 0 Å². The van der Waals surface area contributed by atoms with Gasteiger partial charge in [0.15, 0.2) is 0 Å². The van der Waals surface area contributed by atoms with Crippen molar-refractivity contribution in [2.24, 2.45) is 0 Å². The van der Waals surface area contributed by atoms with E-state index >= 15 is 0 Å². The first-order chi connectivity index (χ1) is 25.8. The quantitative estimate of drug-likeness (QED) is 0.143. The van der Waals surface area contributed by atoms with Crippen LogP contribution in [-0.4, -0.2) is 9.13 Å². The van der Waals surface area contributed by atoms with Crippen molar-refractivity contribution >= 4 is 46.1 Å². The van der Waals surface area contributed by atoms with E-state index < -0.39 is 0 Å². The molecule has 2 aromatic heterocycles. The fourth-order valence-corrected chi connectivity index (χ4v) is 7.09. The molecular weight excluding hydrogens is 629 g/mol. The molecule has 0 radical (unpaired) electrons. The summed E-state index contributed by atoms with van der Waals surface area (Å²) < 4.78 is 4.81. The van der Waals surface area contributed by atoms with Crippen LogP contribution in [0.1, 0.15) is 22.3 Å². The van der Waals surface area contributed by atoms with E-state index in [-0.39, 0.29) is 0 Å². The van der Waals surface area contributed by atoms with Crippen LogP contribution >= 0.6 is 0 Å². The Labute approximate surface area is 304 Å². The van der Waals surface area contributed by atoms with Gasteiger partial charge >= 0.3 is 0 Å². The lowest BCUT2D eigenvalue weighted by Crippen LogP contribution is -1.98. The molecule has 9 aromatic rings. The fourth-order valence-electron chi connectivity index (χ4n) is 7.09. The molecule has 2 heteroatoms. The molecule has 7 aromatic carbocycles. The second kappa shape index (κ2) is 13.8. The predicted molar refractivity (Wildman–Crippen MR) is 222 cm³/mol. The summed E-state index contributed by atoms with van der Waals surface area (Å²) in [5.41, 5.74) is 14.0. The van der Waals surface area contributed by atoms with Crippen LogP contribution in [0.4, 0.5) is 0 Å². The third-order valence-electron chi connectivity index (χ3n) is 9.70. The molecule has 9 rings (SSSR count). The molecule has 2 nitrogen and oxygen atoms in total. The van der Waals surface area contributed by atoms with Gasteiger partial charge in [0.2, 0.25) is 0 Å². The van der Waals surface area contributed by atoms with Gasteiger partial charge in [-0.05, 0) is 81.9 Å². The van der Waals surface area contributed by atoms with Crippen molar-refractivity contribution in [2.45, 2.75) is 0 Å². The van der Waals surface area contributed by atoms with Crippen LogP contribution in [0.2, 0.25) is 0 Å². The van der Waals surface area contributed by atoms with Gasteiger partial charge in [0, 0.05) is 22.1 Å². The molecule has 0 aliphatic rings. The molecule has 52 heavy (non-hydrogen) atoms. The Hall–Kier alpha value is -6.90. The van der Waals surface area contributed by atoms with Gasteiger partial charge in [-0.3, -0.25) is 0 Å². The van der Waals surface area contributed by atoms with Gasteiger partial charge in [-0.15, -0.1) is 0 Å². The van der Waals surface area contributed by atoms with E-state index in [9.17, 15) is 0 Å². The maximum atomic E-state index is 2.40. The van der Waals surface area contributed by atoms with Crippen molar-refractivity contribution in [3.8, 4) is 33.9 Å². The first kappa shape index (κ1) is 31.1. The van der Waals surface area contributed by atoms with Crippen molar-refractivity contribution in [2.75, 3.05) is 0 Å². The van der Waals surface area contributed by atoms with Crippen molar-refractivity contribution in [3.05, 3.63) is 216 Å². The van der Waals surface area contributed by atoms with E-state index in [1.807, 2.05) is 12.1 Å². The van der Waals surface area contributed by atoms with Crippen LogP contribution in [0.3, 0.4) is 0 Å². The van der Waals surface area contributed by atoms with E-state index in [1.54, 1.807) is 0 Å². The Balaban J connectivity index is 1.17. The van der Waals surface area contributed by atoms with Crippen molar-refractivity contribution in [1.82, 2.24) is 9.13 Å². The Morgan fingerprint density at radius 1 is 0.288 bits per heavy atom. The zero-order valence-corrected chi connectivity index (χ0v) is 28.7. The van der Waals surface area contributed by atoms with E-state index in [0.717, 1.165) is 11.4 Å². The normalized spacial score (nSPS) is 11.7. The molecule has 0 bridgehead atoms. The molecule has 0 aliphatic heterocycles. The molecule has 0 aliphatic carbocycles. The van der Waals surface area contributed by atoms with Gasteiger partial charge < -0.3 is 9.13 Å². The standard InChI is InChI=1S/C50H36N2/c1-5-13-37(14-6-1)21-23-39-25-29-45(30-26-39)51-47(41-17-9-3-10-18-41)33-43-36-50-44(35-49(43)51)34-48(42-19-11-4-12-20-42)52(50)46-31-27-40(28-32-46)24-22-38-15-7-2-8-16-38/h1-36H/b23-21+,24-22+. The zero-order valence-electron chi connectivity index (χ0n) is 28.7. The first-order valence-electron chi connectivity index (χ1n) is 17.8. The minimum absolute atomic E-state index is 1.13. The topological polar surface area (TPSA) is 9.86 Å². The largest absolute Gasteiger partial charge is 0.309 e. The average molecular weight is 665 g/mol. The molecule has 0 saturated heterocycles. The molecule has 0 unspecified atom stereocenters. The maximum absolute atomic E-state index is 2.40. The summed E-state index contributed by atoms with van der Waals surface area (Å²) in [6.07, 6.45) is 8.68. The zero-order chi connectivity index (χ0) is 34.7. The second-order valence-corrected chi connectivity index (χ2v) is 13.1. The van der Waals surface area contributed by atoms with Crippen LogP contribution < -0.4 is 0 Å². The van der Waals surface area contributed by atoms with E-state index in [4.69, 9.17) is 0 Å². The molecule has 0 spiro atoms. The number of hydrogen-bond acceptors (Lipinski definition) is 0. The lowest BCUT2D eigenvalue weighted by Gasteiger charge is -2.13. The third-order valence-corrected chi connectivity index (χ3v) is 9.70.